The quantitative estimate of drug-likeness (QED) is 0.625. The number of pyridine rings is 1. The second-order valence-electron chi connectivity index (χ2n) is 4.62. The third-order valence-corrected chi connectivity index (χ3v) is 2.95. The van der Waals surface area contributed by atoms with Gasteiger partial charge in [-0.25, -0.2) is 24.1 Å². The maximum Gasteiger partial charge on any atom is 0.419 e. The Morgan fingerprint density at radius 3 is 2.46 bits per heavy atom. The van der Waals surface area contributed by atoms with Gasteiger partial charge < -0.3 is 10.3 Å². The standard InChI is InChI=1S/C13H8F4N6O/c14-7-1-8-9(5-19-10(8)18-4-7)22-12(24)23-11-20-2-6(3-21-11)13(15,16)17/h1-5H,(H,18,19)(H2,20,21,22,23,24). The molecule has 0 saturated heterocycles. The Kier molecular flexibility index (Phi) is 3.75. The summed E-state index contributed by atoms with van der Waals surface area (Å²) < 4.78 is 50.4. The van der Waals surface area contributed by atoms with Crippen LogP contribution < -0.4 is 10.6 Å². The van der Waals surface area contributed by atoms with Crippen molar-refractivity contribution >= 4 is 28.7 Å². The zero-order chi connectivity index (χ0) is 17.3. The number of halogens is 4. The fourth-order valence-corrected chi connectivity index (χ4v) is 1.88. The molecule has 0 aliphatic rings. The number of nitrogens with one attached hydrogen (secondary N) is 3. The Hall–Kier alpha value is -3.24. The molecule has 3 N–H and O–H groups in total. The van der Waals surface area contributed by atoms with Crippen molar-refractivity contribution in [1.82, 2.24) is 19.9 Å². The second kappa shape index (κ2) is 5.76. The summed E-state index contributed by atoms with van der Waals surface area (Å²) >= 11 is 0. The van der Waals surface area contributed by atoms with Crippen LogP contribution in [-0.4, -0.2) is 26.0 Å². The Labute approximate surface area is 131 Å². The lowest BCUT2D eigenvalue weighted by Crippen LogP contribution is -2.21. The molecular weight excluding hydrogens is 332 g/mol. The van der Waals surface area contributed by atoms with Crippen LogP contribution in [-0.2, 0) is 6.18 Å². The van der Waals surface area contributed by atoms with Crippen LogP contribution in [0.3, 0.4) is 0 Å². The highest BCUT2D eigenvalue weighted by Crippen LogP contribution is 2.28. The van der Waals surface area contributed by atoms with E-state index in [1.807, 2.05) is 0 Å². The lowest BCUT2D eigenvalue weighted by molar-refractivity contribution is -0.138. The van der Waals surface area contributed by atoms with E-state index in [2.05, 4.69) is 30.6 Å². The van der Waals surface area contributed by atoms with E-state index in [0.717, 1.165) is 6.20 Å². The van der Waals surface area contributed by atoms with Gasteiger partial charge in [-0.05, 0) is 6.07 Å². The van der Waals surface area contributed by atoms with E-state index in [9.17, 15) is 22.4 Å². The summed E-state index contributed by atoms with van der Waals surface area (Å²) in [5.41, 5.74) is -0.439. The van der Waals surface area contributed by atoms with Crippen LogP contribution in [0.1, 0.15) is 5.56 Å². The van der Waals surface area contributed by atoms with Crippen molar-refractivity contribution in [2.75, 3.05) is 10.6 Å². The smallest absolute Gasteiger partial charge is 0.344 e. The van der Waals surface area contributed by atoms with Gasteiger partial charge in [-0.15, -0.1) is 0 Å². The lowest BCUT2D eigenvalue weighted by atomic mass is 10.3. The number of aromatic nitrogens is 4. The lowest BCUT2D eigenvalue weighted by Gasteiger charge is -2.07. The molecule has 3 rings (SSSR count). The van der Waals surface area contributed by atoms with Crippen LogP contribution in [0, 0.1) is 5.82 Å². The number of rotatable bonds is 2. The predicted molar refractivity (Wildman–Crippen MR) is 75.7 cm³/mol. The summed E-state index contributed by atoms with van der Waals surface area (Å²) in [5.74, 6) is -0.902. The number of H-pyrrole nitrogens is 1. The number of urea groups is 1. The first-order valence-corrected chi connectivity index (χ1v) is 6.43. The maximum absolute atomic E-state index is 13.2. The Bertz CT molecular complexity index is 890. The number of alkyl halides is 3. The number of fused-ring (bicyclic) bond motifs is 1. The van der Waals surface area contributed by atoms with Crippen LogP contribution >= 0.6 is 0 Å². The molecule has 0 atom stereocenters. The largest absolute Gasteiger partial charge is 0.419 e. The van der Waals surface area contributed by atoms with Crippen molar-refractivity contribution < 1.29 is 22.4 Å². The van der Waals surface area contributed by atoms with Gasteiger partial charge in [-0.1, -0.05) is 0 Å². The molecule has 0 radical (unpaired) electrons. The van der Waals surface area contributed by atoms with Gasteiger partial charge >= 0.3 is 12.2 Å². The normalized spacial score (nSPS) is 11.5. The SMILES string of the molecule is O=C(Nc1ncc(C(F)(F)F)cn1)Nc1c[nH]c2ncc(F)cc12. The molecule has 0 aromatic carbocycles. The molecular formula is C13H8F4N6O. The van der Waals surface area contributed by atoms with Crippen molar-refractivity contribution in [1.29, 1.82) is 0 Å². The number of hydrogen-bond acceptors (Lipinski definition) is 4. The summed E-state index contributed by atoms with van der Waals surface area (Å²) in [7, 11) is 0. The van der Waals surface area contributed by atoms with Gasteiger partial charge in [-0.2, -0.15) is 13.2 Å². The highest BCUT2D eigenvalue weighted by atomic mass is 19.4. The van der Waals surface area contributed by atoms with Gasteiger partial charge in [0.15, 0.2) is 0 Å². The molecule has 124 valence electrons. The number of carbonyl (C=O) groups is 1. The van der Waals surface area contributed by atoms with Crippen LogP contribution in [0.25, 0.3) is 11.0 Å². The van der Waals surface area contributed by atoms with Crippen LogP contribution in [0.4, 0.5) is 34.0 Å². The van der Waals surface area contributed by atoms with E-state index in [0.29, 0.717) is 23.4 Å². The molecule has 0 spiro atoms. The van der Waals surface area contributed by atoms with Gasteiger partial charge in [0.25, 0.3) is 0 Å². The van der Waals surface area contributed by atoms with E-state index >= 15 is 0 Å². The maximum atomic E-state index is 13.2. The van der Waals surface area contributed by atoms with Gasteiger partial charge in [0.1, 0.15) is 11.5 Å². The monoisotopic (exact) mass is 340 g/mol. The summed E-state index contributed by atoms with van der Waals surface area (Å²) in [6, 6.07) is 0.364. The number of hydrogen-bond donors (Lipinski definition) is 3. The number of aromatic amines is 1. The molecule has 3 aromatic heterocycles. The molecule has 7 nitrogen and oxygen atoms in total. The molecule has 0 aliphatic heterocycles. The molecule has 3 heterocycles. The minimum absolute atomic E-state index is 0.237. The summed E-state index contributed by atoms with van der Waals surface area (Å²) in [6.07, 6.45) is -1.06. The molecule has 0 fully saturated rings. The average Bonchev–Trinajstić information content (AvgIpc) is 2.89. The second-order valence-corrected chi connectivity index (χ2v) is 4.62. The van der Waals surface area contributed by atoms with E-state index in [-0.39, 0.29) is 11.6 Å². The number of amides is 2. The molecule has 11 heteroatoms. The van der Waals surface area contributed by atoms with Gasteiger partial charge in [0.05, 0.1) is 17.4 Å². The van der Waals surface area contributed by atoms with Gasteiger partial charge in [-0.3, -0.25) is 5.32 Å². The summed E-state index contributed by atoms with van der Waals surface area (Å²) in [6.45, 7) is 0. The third kappa shape index (κ3) is 3.24. The molecule has 3 aromatic rings. The van der Waals surface area contributed by atoms with Crippen molar-refractivity contribution in [3.8, 4) is 0 Å². The first kappa shape index (κ1) is 15.6. The first-order chi connectivity index (χ1) is 11.3. The topological polar surface area (TPSA) is 95.6 Å². The highest BCUT2D eigenvalue weighted by Gasteiger charge is 2.31. The molecule has 0 bridgehead atoms. The number of anilines is 2. The van der Waals surface area contributed by atoms with Gasteiger partial charge in [0, 0.05) is 24.0 Å². The van der Waals surface area contributed by atoms with Gasteiger partial charge in [0.2, 0.25) is 5.95 Å². The summed E-state index contributed by atoms with van der Waals surface area (Å²) in [4.78, 5) is 25.2. The van der Waals surface area contributed by atoms with Crippen LogP contribution in [0.15, 0.2) is 30.9 Å². The molecule has 0 saturated carbocycles. The zero-order valence-electron chi connectivity index (χ0n) is 11.6. The minimum atomic E-state index is -4.57. The molecule has 2 amide bonds. The van der Waals surface area contributed by atoms with Crippen molar-refractivity contribution in [3.63, 3.8) is 0 Å². The Balaban J connectivity index is 1.72. The van der Waals surface area contributed by atoms with Crippen molar-refractivity contribution in [2.24, 2.45) is 0 Å². The van der Waals surface area contributed by atoms with Crippen LogP contribution in [0.5, 0.6) is 0 Å². The zero-order valence-corrected chi connectivity index (χ0v) is 11.6. The van der Waals surface area contributed by atoms with E-state index in [4.69, 9.17) is 0 Å². The highest BCUT2D eigenvalue weighted by molar-refractivity contribution is 6.04. The molecule has 0 unspecified atom stereocenters. The summed E-state index contributed by atoms with van der Waals surface area (Å²) in [5, 5.41) is 4.90. The third-order valence-electron chi connectivity index (χ3n) is 2.95. The Morgan fingerprint density at radius 1 is 1.08 bits per heavy atom. The van der Waals surface area contributed by atoms with Crippen LogP contribution in [0.2, 0.25) is 0 Å². The molecule has 0 aliphatic carbocycles. The van der Waals surface area contributed by atoms with Crippen molar-refractivity contribution in [3.05, 3.63) is 42.2 Å². The minimum Gasteiger partial charge on any atom is -0.344 e. The first-order valence-electron chi connectivity index (χ1n) is 6.43. The average molecular weight is 340 g/mol. The number of nitrogens with zero attached hydrogens (tertiary/aromatic N) is 3. The fourth-order valence-electron chi connectivity index (χ4n) is 1.88. The van der Waals surface area contributed by atoms with E-state index < -0.39 is 23.6 Å². The van der Waals surface area contributed by atoms with Crippen molar-refractivity contribution in [2.45, 2.75) is 6.18 Å². The predicted octanol–water partition coefficient (Wildman–Crippen LogP) is 3.15. The Morgan fingerprint density at radius 2 is 1.79 bits per heavy atom. The van der Waals surface area contributed by atoms with E-state index in [1.165, 1.54) is 12.3 Å². The number of carbonyl (C=O) groups excluding carboxylic acids is 1. The van der Waals surface area contributed by atoms with E-state index in [1.54, 1.807) is 0 Å². The fraction of sp³-hybridized carbons (Fsp3) is 0.0769. The molecule has 24 heavy (non-hydrogen) atoms.